The number of hydrogen-bond acceptors (Lipinski definition) is 4. The molecule has 1 heterocycles. The number of benzene rings is 1. The molecular weight excluding hydrogens is 257 g/mol. The van der Waals surface area contributed by atoms with E-state index in [0.29, 0.717) is 17.9 Å². The van der Waals surface area contributed by atoms with Crippen molar-refractivity contribution < 1.29 is 9.50 Å². The molecule has 20 heavy (non-hydrogen) atoms. The molecule has 0 saturated carbocycles. The highest BCUT2D eigenvalue weighted by Gasteiger charge is 2.07. The molecule has 108 valence electrons. The minimum atomic E-state index is -0.708. The molecule has 0 aliphatic heterocycles. The maximum absolute atomic E-state index is 12.7. The van der Waals surface area contributed by atoms with E-state index in [-0.39, 0.29) is 5.82 Å². The SMILES string of the molecule is CC.Cc1cc(NCC(O)c2ccc(F)cc2)ncn1. The molecule has 1 unspecified atom stereocenters. The average Bonchev–Trinajstić information content (AvgIpc) is 2.48. The van der Waals surface area contributed by atoms with Crippen LogP contribution in [0.15, 0.2) is 36.7 Å². The first-order valence-corrected chi connectivity index (χ1v) is 6.61. The van der Waals surface area contributed by atoms with E-state index < -0.39 is 6.10 Å². The summed E-state index contributed by atoms with van der Waals surface area (Å²) in [6.45, 7) is 6.17. The van der Waals surface area contributed by atoms with E-state index in [4.69, 9.17) is 0 Å². The molecule has 0 saturated heterocycles. The van der Waals surface area contributed by atoms with Crippen LogP contribution in [0.1, 0.15) is 31.2 Å². The molecule has 0 amide bonds. The van der Waals surface area contributed by atoms with Crippen molar-refractivity contribution >= 4 is 5.82 Å². The minimum Gasteiger partial charge on any atom is -0.387 e. The minimum absolute atomic E-state index is 0.308. The van der Waals surface area contributed by atoms with Gasteiger partial charge in [-0.05, 0) is 24.6 Å². The van der Waals surface area contributed by atoms with Crippen LogP contribution >= 0.6 is 0 Å². The van der Waals surface area contributed by atoms with Crippen molar-refractivity contribution in [1.29, 1.82) is 0 Å². The van der Waals surface area contributed by atoms with E-state index >= 15 is 0 Å². The number of halogens is 1. The summed E-state index contributed by atoms with van der Waals surface area (Å²) in [7, 11) is 0. The summed E-state index contributed by atoms with van der Waals surface area (Å²) >= 11 is 0. The topological polar surface area (TPSA) is 58.0 Å². The predicted molar refractivity (Wildman–Crippen MR) is 78.0 cm³/mol. The molecule has 4 nitrogen and oxygen atoms in total. The second kappa shape index (κ2) is 8.22. The third-order valence-corrected chi connectivity index (χ3v) is 2.54. The molecule has 0 bridgehead atoms. The van der Waals surface area contributed by atoms with Gasteiger partial charge >= 0.3 is 0 Å². The van der Waals surface area contributed by atoms with Crippen LogP contribution in [0.4, 0.5) is 10.2 Å². The Morgan fingerprint density at radius 1 is 1.20 bits per heavy atom. The first-order chi connectivity index (χ1) is 9.65. The second-order valence-corrected chi connectivity index (χ2v) is 3.99. The second-order valence-electron chi connectivity index (χ2n) is 3.99. The average molecular weight is 277 g/mol. The van der Waals surface area contributed by atoms with Crippen LogP contribution < -0.4 is 5.32 Å². The number of rotatable bonds is 4. The quantitative estimate of drug-likeness (QED) is 0.901. The van der Waals surface area contributed by atoms with Gasteiger partial charge in [-0.25, -0.2) is 14.4 Å². The van der Waals surface area contributed by atoms with E-state index in [1.165, 1.54) is 18.5 Å². The van der Waals surface area contributed by atoms with Gasteiger partial charge in [0.15, 0.2) is 0 Å². The standard InChI is InChI=1S/C13H14FN3O.C2H6/c1-9-6-13(17-8-16-9)15-7-12(18)10-2-4-11(14)5-3-10;1-2/h2-6,8,12,18H,7H2,1H3,(H,15,16,17);1-2H3. The summed E-state index contributed by atoms with van der Waals surface area (Å²) < 4.78 is 12.7. The molecule has 0 fully saturated rings. The molecular formula is C15H20FN3O. The molecule has 5 heteroatoms. The lowest BCUT2D eigenvalue weighted by molar-refractivity contribution is 0.191. The summed E-state index contributed by atoms with van der Waals surface area (Å²) in [5.74, 6) is 0.342. The smallest absolute Gasteiger partial charge is 0.129 e. The Kier molecular flexibility index (Phi) is 6.59. The van der Waals surface area contributed by atoms with Crippen LogP contribution in [0.25, 0.3) is 0 Å². The van der Waals surface area contributed by atoms with Gasteiger partial charge in [0.25, 0.3) is 0 Å². The Labute approximate surface area is 118 Å². The van der Waals surface area contributed by atoms with Crippen molar-refractivity contribution in [1.82, 2.24) is 9.97 Å². The van der Waals surface area contributed by atoms with Crippen molar-refractivity contribution in [3.8, 4) is 0 Å². The summed E-state index contributed by atoms with van der Waals surface area (Å²) in [4.78, 5) is 8.01. The number of aliphatic hydroxyl groups excluding tert-OH is 1. The van der Waals surface area contributed by atoms with E-state index in [9.17, 15) is 9.50 Å². The molecule has 0 aliphatic rings. The van der Waals surface area contributed by atoms with Crippen LogP contribution in [0.2, 0.25) is 0 Å². The van der Waals surface area contributed by atoms with E-state index in [2.05, 4.69) is 15.3 Å². The Morgan fingerprint density at radius 3 is 2.45 bits per heavy atom. The first kappa shape index (κ1) is 16.0. The van der Waals surface area contributed by atoms with Gasteiger partial charge in [0, 0.05) is 18.3 Å². The van der Waals surface area contributed by atoms with Crippen LogP contribution in [-0.2, 0) is 0 Å². The fourth-order valence-electron chi connectivity index (χ4n) is 1.56. The number of anilines is 1. The Hall–Kier alpha value is -2.01. The van der Waals surface area contributed by atoms with Crippen LogP contribution in [0, 0.1) is 12.7 Å². The number of nitrogens with one attached hydrogen (secondary N) is 1. The highest BCUT2D eigenvalue weighted by molar-refractivity contribution is 5.35. The third-order valence-electron chi connectivity index (χ3n) is 2.54. The van der Waals surface area contributed by atoms with Gasteiger partial charge in [0.2, 0.25) is 0 Å². The molecule has 0 aliphatic carbocycles. The summed E-state index contributed by atoms with van der Waals surface area (Å²) in [6, 6.07) is 7.57. The van der Waals surface area contributed by atoms with E-state index in [1.807, 2.05) is 20.8 Å². The molecule has 2 rings (SSSR count). The fourth-order valence-corrected chi connectivity index (χ4v) is 1.56. The van der Waals surface area contributed by atoms with Crippen LogP contribution in [0.3, 0.4) is 0 Å². The molecule has 2 N–H and O–H groups in total. The van der Waals surface area contributed by atoms with Gasteiger partial charge < -0.3 is 10.4 Å². The van der Waals surface area contributed by atoms with Gasteiger partial charge in [-0.1, -0.05) is 26.0 Å². The zero-order valence-electron chi connectivity index (χ0n) is 12.0. The third kappa shape index (κ3) is 4.93. The van der Waals surface area contributed by atoms with Crippen molar-refractivity contribution in [3.63, 3.8) is 0 Å². The first-order valence-electron chi connectivity index (χ1n) is 6.61. The van der Waals surface area contributed by atoms with Crippen molar-refractivity contribution in [3.05, 3.63) is 53.7 Å². The van der Waals surface area contributed by atoms with Gasteiger partial charge in [0.1, 0.15) is 18.0 Å². The van der Waals surface area contributed by atoms with Crippen molar-refractivity contribution in [2.45, 2.75) is 26.9 Å². The molecule has 0 spiro atoms. The van der Waals surface area contributed by atoms with Gasteiger partial charge in [-0.15, -0.1) is 0 Å². The molecule has 0 radical (unpaired) electrons. The molecule has 2 aromatic rings. The lowest BCUT2D eigenvalue weighted by Gasteiger charge is -2.12. The monoisotopic (exact) mass is 277 g/mol. The molecule has 1 atom stereocenters. The molecule has 1 aromatic heterocycles. The zero-order chi connectivity index (χ0) is 15.0. The number of aliphatic hydroxyl groups is 1. The maximum atomic E-state index is 12.7. The Morgan fingerprint density at radius 2 is 1.85 bits per heavy atom. The van der Waals surface area contributed by atoms with E-state index in [0.717, 1.165) is 5.69 Å². The zero-order valence-corrected chi connectivity index (χ0v) is 12.0. The van der Waals surface area contributed by atoms with Gasteiger partial charge in [-0.3, -0.25) is 0 Å². The summed E-state index contributed by atoms with van der Waals surface area (Å²) in [5, 5.41) is 12.9. The lowest BCUT2D eigenvalue weighted by Crippen LogP contribution is -2.13. The number of aromatic nitrogens is 2. The lowest BCUT2D eigenvalue weighted by atomic mass is 10.1. The summed E-state index contributed by atoms with van der Waals surface area (Å²) in [6.07, 6.45) is 0.753. The summed E-state index contributed by atoms with van der Waals surface area (Å²) in [5.41, 5.74) is 1.51. The van der Waals surface area contributed by atoms with Gasteiger partial charge in [0.05, 0.1) is 6.10 Å². The van der Waals surface area contributed by atoms with Crippen molar-refractivity contribution in [2.75, 3.05) is 11.9 Å². The van der Waals surface area contributed by atoms with Crippen LogP contribution in [-0.4, -0.2) is 21.6 Å². The number of nitrogens with zero attached hydrogens (tertiary/aromatic N) is 2. The number of hydrogen-bond donors (Lipinski definition) is 2. The highest BCUT2D eigenvalue weighted by Crippen LogP contribution is 2.14. The van der Waals surface area contributed by atoms with Gasteiger partial charge in [-0.2, -0.15) is 0 Å². The maximum Gasteiger partial charge on any atom is 0.129 e. The van der Waals surface area contributed by atoms with Crippen molar-refractivity contribution in [2.24, 2.45) is 0 Å². The normalized spacial score (nSPS) is 11.2. The number of aryl methyl sites for hydroxylation is 1. The highest BCUT2D eigenvalue weighted by atomic mass is 19.1. The Bertz CT molecular complexity index is 517. The predicted octanol–water partition coefficient (Wildman–Crippen LogP) is 3.10. The fraction of sp³-hybridized carbons (Fsp3) is 0.333. The van der Waals surface area contributed by atoms with Crippen LogP contribution in [0.5, 0.6) is 0 Å². The largest absolute Gasteiger partial charge is 0.387 e. The molecule has 1 aromatic carbocycles. The van der Waals surface area contributed by atoms with E-state index in [1.54, 1.807) is 18.2 Å². The Balaban J connectivity index is 0.000000956.